The van der Waals surface area contributed by atoms with Crippen LogP contribution in [-0.2, 0) is 6.61 Å². The van der Waals surface area contributed by atoms with Crippen LogP contribution in [0.4, 0.5) is 0 Å². The second-order valence-corrected chi connectivity index (χ2v) is 11.0. The van der Waals surface area contributed by atoms with Crippen LogP contribution in [0.3, 0.4) is 0 Å². The molecule has 1 unspecified atom stereocenters. The molecule has 0 radical (unpaired) electrons. The third-order valence-corrected chi connectivity index (χ3v) is 7.37. The normalized spacial score (nSPS) is 13.9. The van der Waals surface area contributed by atoms with Crippen LogP contribution < -0.4 is 29.4 Å². The molecule has 2 N–H and O–H groups in total. The summed E-state index contributed by atoms with van der Waals surface area (Å²) >= 11 is 12.3. The summed E-state index contributed by atoms with van der Waals surface area (Å²) in [4.78, 5) is 12.8. The number of nitrogens with two attached hydrogens (primary N) is 1. The van der Waals surface area contributed by atoms with E-state index in [0.717, 1.165) is 11.1 Å². The summed E-state index contributed by atoms with van der Waals surface area (Å²) in [6.45, 7) is 4.04. The smallest absolute Gasteiger partial charge is 0.343 e. The molecule has 0 bridgehead atoms. The molecule has 224 valence electrons. The largest absolute Gasteiger partial charge is 0.493 e. The summed E-state index contributed by atoms with van der Waals surface area (Å²) in [6.07, 6.45) is 0.0160. The monoisotopic (exact) mass is 630 g/mol. The number of esters is 1. The van der Waals surface area contributed by atoms with Gasteiger partial charge in [0.25, 0.3) is 0 Å². The van der Waals surface area contributed by atoms with Crippen molar-refractivity contribution in [2.45, 2.75) is 32.5 Å². The van der Waals surface area contributed by atoms with Gasteiger partial charge in [0.1, 0.15) is 35.5 Å². The quantitative estimate of drug-likeness (QED) is 0.147. The van der Waals surface area contributed by atoms with Crippen LogP contribution in [0.15, 0.2) is 90.3 Å². The van der Waals surface area contributed by atoms with Crippen LogP contribution >= 0.6 is 23.2 Å². The third kappa shape index (κ3) is 6.70. The topological polar surface area (TPSA) is 113 Å². The highest BCUT2D eigenvalue weighted by Gasteiger charge is 2.32. The highest BCUT2D eigenvalue weighted by molar-refractivity contribution is 6.35. The SMILES string of the molecule is COc1cc(C2C(C#N)=C(N)Oc3cc(OC(=O)c4ccc(OC(C)C)cc4)ccc32)ccc1OCc1ccc(Cl)cc1Cl. The molecule has 0 saturated heterocycles. The van der Waals surface area contributed by atoms with Crippen molar-refractivity contribution in [2.75, 3.05) is 7.11 Å². The first-order chi connectivity index (χ1) is 21.2. The number of methoxy groups -OCH3 is 1. The fraction of sp³-hybridized carbons (Fsp3) is 0.176. The molecule has 0 aliphatic carbocycles. The molecule has 44 heavy (non-hydrogen) atoms. The number of benzene rings is 4. The van der Waals surface area contributed by atoms with Crippen molar-refractivity contribution in [3.8, 4) is 34.8 Å². The first-order valence-corrected chi connectivity index (χ1v) is 14.4. The Labute approximate surface area is 265 Å². The van der Waals surface area contributed by atoms with Gasteiger partial charge in [-0.1, -0.05) is 41.4 Å². The van der Waals surface area contributed by atoms with E-state index in [-0.39, 0.29) is 29.9 Å². The van der Waals surface area contributed by atoms with Crippen molar-refractivity contribution >= 4 is 29.2 Å². The number of fused-ring (bicyclic) bond motifs is 1. The van der Waals surface area contributed by atoms with E-state index in [1.807, 2.05) is 19.9 Å². The van der Waals surface area contributed by atoms with Gasteiger partial charge in [-0.2, -0.15) is 5.26 Å². The van der Waals surface area contributed by atoms with Gasteiger partial charge in [0.05, 0.1) is 24.7 Å². The van der Waals surface area contributed by atoms with Gasteiger partial charge in [-0.3, -0.25) is 0 Å². The summed E-state index contributed by atoms with van der Waals surface area (Å²) < 4.78 is 28.7. The molecule has 5 rings (SSSR count). The molecule has 0 fully saturated rings. The number of nitriles is 1. The van der Waals surface area contributed by atoms with Crippen molar-refractivity contribution < 1.29 is 28.5 Å². The van der Waals surface area contributed by atoms with E-state index in [0.29, 0.717) is 44.2 Å². The number of hydrogen-bond donors (Lipinski definition) is 1. The van der Waals surface area contributed by atoms with Gasteiger partial charge in [0.2, 0.25) is 5.88 Å². The average Bonchev–Trinajstić information content (AvgIpc) is 3.00. The van der Waals surface area contributed by atoms with Crippen LogP contribution in [0.25, 0.3) is 0 Å². The second kappa shape index (κ2) is 13.2. The predicted octanol–water partition coefficient (Wildman–Crippen LogP) is 7.81. The van der Waals surface area contributed by atoms with Crippen molar-refractivity contribution in [3.63, 3.8) is 0 Å². The number of carbonyl (C=O) groups excluding carboxylic acids is 1. The number of nitrogens with zero attached hydrogens (tertiary/aromatic N) is 1. The highest BCUT2D eigenvalue weighted by atomic mass is 35.5. The Bertz CT molecular complexity index is 1780. The van der Waals surface area contributed by atoms with Crippen molar-refractivity contribution in [2.24, 2.45) is 5.73 Å². The lowest BCUT2D eigenvalue weighted by Crippen LogP contribution is -2.21. The van der Waals surface area contributed by atoms with Crippen molar-refractivity contribution in [1.82, 2.24) is 0 Å². The number of halogens is 2. The second-order valence-electron chi connectivity index (χ2n) is 10.1. The van der Waals surface area contributed by atoms with E-state index in [2.05, 4.69) is 6.07 Å². The van der Waals surface area contributed by atoms with Gasteiger partial charge >= 0.3 is 5.97 Å². The van der Waals surface area contributed by atoms with E-state index >= 15 is 0 Å². The van der Waals surface area contributed by atoms with Crippen molar-refractivity contribution in [3.05, 3.63) is 123 Å². The molecular weight excluding hydrogens is 603 g/mol. The summed E-state index contributed by atoms with van der Waals surface area (Å²) in [5.41, 5.74) is 8.93. The fourth-order valence-corrected chi connectivity index (χ4v) is 5.19. The van der Waals surface area contributed by atoms with Gasteiger partial charge in [-0.05, 0) is 74.0 Å². The molecule has 8 nitrogen and oxygen atoms in total. The number of hydrogen-bond acceptors (Lipinski definition) is 8. The molecule has 1 aliphatic heterocycles. The van der Waals surface area contributed by atoms with Crippen molar-refractivity contribution in [1.29, 1.82) is 5.26 Å². The van der Waals surface area contributed by atoms with E-state index in [1.165, 1.54) is 7.11 Å². The van der Waals surface area contributed by atoms with E-state index in [4.69, 9.17) is 52.6 Å². The molecule has 1 atom stereocenters. The number of rotatable bonds is 9. The number of ether oxygens (including phenoxy) is 5. The zero-order valence-electron chi connectivity index (χ0n) is 24.1. The van der Waals surface area contributed by atoms with Crippen LogP contribution in [-0.4, -0.2) is 19.2 Å². The van der Waals surface area contributed by atoms with Crippen LogP contribution in [0.1, 0.15) is 46.8 Å². The Morgan fingerprint density at radius 3 is 2.41 bits per heavy atom. The minimum Gasteiger partial charge on any atom is -0.493 e. The van der Waals surface area contributed by atoms with Crippen LogP contribution in [0.2, 0.25) is 10.0 Å². The average molecular weight is 632 g/mol. The molecule has 0 aromatic heterocycles. The minimum atomic E-state index is -0.573. The van der Waals surface area contributed by atoms with E-state index < -0.39 is 11.9 Å². The molecule has 1 heterocycles. The first-order valence-electron chi connectivity index (χ1n) is 13.6. The fourth-order valence-electron chi connectivity index (χ4n) is 4.73. The third-order valence-electron chi connectivity index (χ3n) is 6.78. The molecule has 4 aromatic carbocycles. The van der Waals surface area contributed by atoms with Crippen LogP contribution in [0.5, 0.6) is 28.7 Å². The zero-order valence-corrected chi connectivity index (χ0v) is 25.6. The summed E-state index contributed by atoms with van der Waals surface area (Å²) in [5.74, 6) is 1.03. The minimum absolute atomic E-state index is 0.0160. The number of carbonyl (C=O) groups is 1. The maximum Gasteiger partial charge on any atom is 0.343 e. The Balaban J connectivity index is 1.39. The van der Waals surface area contributed by atoms with E-state index in [9.17, 15) is 10.1 Å². The Morgan fingerprint density at radius 1 is 0.977 bits per heavy atom. The molecule has 0 saturated carbocycles. The molecule has 0 amide bonds. The van der Waals surface area contributed by atoms with Gasteiger partial charge in [-0.15, -0.1) is 0 Å². The maximum atomic E-state index is 12.8. The van der Waals surface area contributed by atoms with Crippen LogP contribution in [0, 0.1) is 11.3 Å². The molecule has 10 heteroatoms. The molecule has 1 aliphatic rings. The lowest BCUT2D eigenvalue weighted by atomic mass is 9.83. The first kappa shape index (κ1) is 30.6. The van der Waals surface area contributed by atoms with E-state index in [1.54, 1.807) is 72.8 Å². The zero-order chi connectivity index (χ0) is 31.4. The lowest BCUT2D eigenvalue weighted by molar-refractivity contribution is 0.0734. The summed E-state index contributed by atoms with van der Waals surface area (Å²) in [7, 11) is 1.53. The van der Waals surface area contributed by atoms with Gasteiger partial charge in [0, 0.05) is 27.2 Å². The summed E-state index contributed by atoms with van der Waals surface area (Å²) in [5, 5.41) is 11.0. The van der Waals surface area contributed by atoms with Gasteiger partial charge in [-0.25, -0.2) is 4.79 Å². The lowest BCUT2D eigenvalue weighted by Gasteiger charge is -2.27. The Morgan fingerprint density at radius 2 is 1.73 bits per heavy atom. The maximum absolute atomic E-state index is 12.8. The molecule has 4 aromatic rings. The van der Waals surface area contributed by atoms with Gasteiger partial charge in [0.15, 0.2) is 11.5 Å². The standard InChI is InChI=1S/C34H28Cl2N2O6/c1-19(2)42-24-9-5-20(6-10-24)34(39)43-25-11-12-26-30(16-25)44-33(38)27(17-37)32(26)21-7-13-29(31(14-21)40-3)41-18-22-4-8-23(35)15-28(22)36/h4-16,19,32H,18,38H2,1-3H3. The Hall–Kier alpha value is -4.84. The highest BCUT2D eigenvalue weighted by Crippen LogP contribution is 2.45. The molecule has 0 spiro atoms. The molecular formula is C34H28Cl2N2O6. The predicted molar refractivity (Wildman–Crippen MR) is 167 cm³/mol. The number of allylic oxidation sites excluding steroid dienone is 1. The van der Waals surface area contributed by atoms with Gasteiger partial charge < -0.3 is 29.4 Å². The summed E-state index contributed by atoms with van der Waals surface area (Å²) in [6, 6.07) is 24.4. The Kier molecular flexibility index (Phi) is 9.19.